The van der Waals surface area contributed by atoms with Gasteiger partial charge in [0.15, 0.2) is 0 Å². The van der Waals surface area contributed by atoms with E-state index >= 15 is 0 Å². The number of carbonyl (C=O) groups is 1. The van der Waals surface area contributed by atoms with Gasteiger partial charge >= 0.3 is 0 Å². The first-order valence-electron chi connectivity index (χ1n) is 8.26. The number of rotatable bonds is 4. The predicted octanol–water partition coefficient (Wildman–Crippen LogP) is 2.67. The highest BCUT2D eigenvalue weighted by atomic mass is 16.5. The van der Waals surface area contributed by atoms with Crippen LogP contribution in [0, 0.1) is 6.92 Å². The molecule has 2 aromatic rings. The molecule has 3 N–H and O–H groups in total. The molecular formula is C19H23N3O3. The quantitative estimate of drug-likeness (QED) is 0.836. The average molecular weight is 341 g/mol. The molecular weight excluding hydrogens is 318 g/mol. The SMILES string of the molecule is COc1cccc(C(=O)Nc2cc(N3CCOCC3)c(N)cc2C)c1. The highest BCUT2D eigenvalue weighted by Gasteiger charge is 2.17. The van der Waals surface area contributed by atoms with Gasteiger partial charge in [-0.15, -0.1) is 0 Å². The molecule has 2 aromatic carbocycles. The van der Waals surface area contributed by atoms with Gasteiger partial charge in [0.05, 0.1) is 31.7 Å². The molecule has 25 heavy (non-hydrogen) atoms. The van der Waals surface area contributed by atoms with Gasteiger partial charge in [0, 0.05) is 24.3 Å². The number of morpholine rings is 1. The standard InChI is InChI=1S/C19H23N3O3/c1-13-10-16(20)18(22-6-8-25-9-7-22)12-17(13)21-19(23)14-4-3-5-15(11-14)24-2/h3-5,10-12H,6-9,20H2,1-2H3,(H,21,23). The van der Waals surface area contributed by atoms with Crippen molar-refractivity contribution >= 4 is 23.0 Å². The summed E-state index contributed by atoms with van der Waals surface area (Å²) in [5, 5.41) is 2.98. The number of benzene rings is 2. The molecule has 0 saturated carbocycles. The minimum absolute atomic E-state index is 0.181. The minimum Gasteiger partial charge on any atom is -0.497 e. The second kappa shape index (κ2) is 7.44. The lowest BCUT2D eigenvalue weighted by Gasteiger charge is -2.30. The van der Waals surface area contributed by atoms with E-state index in [1.54, 1.807) is 25.3 Å². The molecule has 0 bridgehead atoms. The molecule has 1 saturated heterocycles. The molecule has 6 heteroatoms. The van der Waals surface area contributed by atoms with Gasteiger partial charge < -0.3 is 25.4 Å². The number of aryl methyl sites for hydroxylation is 1. The van der Waals surface area contributed by atoms with Crippen LogP contribution in [-0.2, 0) is 4.74 Å². The van der Waals surface area contributed by atoms with Crippen LogP contribution in [0.15, 0.2) is 36.4 Å². The minimum atomic E-state index is -0.181. The van der Waals surface area contributed by atoms with E-state index in [9.17, 15) is 4.79 Å². The number of methoxy groups -OCH3 is 1. The maximum atomic E-state index is 12.6. The summed E-state index contributed by atoms with van der Waals surface area (Å²) < 4.78 is 10.6. The van der Waals surface area contributed by atoms with E-state index in [1.165, 1.54) is 0 Å². The molecule has 1 fully saturated rings. The maximum absolute atomic E-state index is 12.6. The fourth-order valence-electron chi connectivity index (χ4n) is 2.89. The molecule has 132 valence electrons. The van der Waals surface area contributed by atoms with Crippen LogP contribution < -0.4 is 20.7 Å². The van der Waals surface area contributed by atoms with E-state index in [1.807, 2.05) is 25.1 Å². The summed E-state index contributed by atoms with van der Waals surface area (Å²) in [6, 6.07) is 10.9. The first-order chi connectivity index (χ1) is 12.1. The van der Waals surface area contributed by atoms with Crippen LogP contribution in [0.3, 0.4) is 0 Å². The first-order valence-corrected chi connectivity index (χ1v) is 8.26. The van der Waals surface area contributed by atoms with Crippen LogP contribution >= 0.6 is 0 Å². The third-order valence-corrected chi connectivity index (χ3v) is 4.31. The van der Waals surface area contributed by atoms with Crippen molar-refractivity contribution in [3.63, 3.8) is 0 Å². The van der Waals surface area contributed by atoms with Crippen LogP contribution in [0.1, 0.15) is 15.9 Å². The summed E-state index contributed by atoms with van der Waals surface area (Å²) >= 11 is 0. The number of nitrogens with zero attached hydrogens (tertiary/aromatic N) is 1. The molecule has 0 aliphatic carbocycles. The zero-order chi connectivity index (χ0) is 17.8. The highest BCUT2D eigenvalue weighted by molar-refractivity contribution is 6.05. The Morgan fingerprint density at radius 2 is 2.00 bits per heavy atom. The van der Waals surface area contributed by atoms with Gasteiger partial charge in [-0.25, -0.2) is 0 Å². The van der Waals surface area contributed by atoms with Gasteiger partial charge in [0.2, 0.25) is 0 Å². The molecule has 0 spiro atoms. The molecule has 0 unspecified atom stereocenters. The van der Waals surface area contributed by atoms with Crippen molar-refractivity contribution in [2.45, 2.75) is 6.92 Å². The lowest BCUT2D eigenvalue weighted by molar-refractivity contribution is 0.102. The van der Waals surface area contributed by atoms with Crippen LogP contribution in [-0.4, -0.2) is 39.3 Å². The summed E-state index contributed by atoms with van der Waals surface area (Å²) in [7, 11) is 1.58. The largest absolute Gasteiger partial charge is 0.497 e. The second-order valence-electron chi connectivity index (χ2n) is 6.01. The van der Waals surface area contributed by atoms with Gasteiger partial charge in [-0.05, 0) is 42.8 Å². The van der Waals surface area contributed by atoms with Gasteiger partial charge in [0.1, 0.15) is 5.75 Å². The third-order valence-electron chi connectivity index (χ3n) is 4.31. The molecule has 1 heterocycles. The fraction of sp³-hybridized carbons (Fsp3) is 0.316. The van der Waals surface area contributed by atoms with E-state index < -0.39 is 0 Å². The van der Waals surface area contributed by atoms with Crippen molar-refractivity contribution < 1.29 is 14.3 Å². The third kappa shape index (κ3) is 3.85. The molecule has 6 nitrogen and oxygen atoms in total. The molecule has 0 radical (unpaired) electrons. The number of hydrogen-bond donors (Lipinski definition) is 2. The maximum Gasteiger partial charge on any atom is 0.255 e. The number of amides is 1. The Morgan fingerprint density at radius 1 is 1.24 bits per heavy atom. The number of hydrogen-bond acceptors (Lipinski definition) is 5. The number of nitrogen functional groups attached to an aromatic ring is 1. The van der Waals surface area contributed by atoms with Crippen LogP contribution in [0.5, 0.6) is 5.75 Å². The van der Waals surface area contributed by atoms with Crippen LogP contribution in [0.4, 0.5) is 17.1 Å². The first kappa shape index (κ1) is 17.1. The highest BCUT2D eigenvalue weighted by Crippen LogP contribution is 2.31. The number of carbonyl (C=O) groups excluding carboxylic acids is 1. The van der Waals surface area contributed by atoms with E-state index in [0.29, 0.717) is 30.2 Å². The Labute approximate surface area is 147 Å². The predicted molar refractivity (Wildman–Crippen MR) is 99.6 cm³/mol. The lowest BCUT2D eigenvalue weighted by Crippen LogP contribution is -2.36. The van der Waals surface area contributed by atoms with Gasteiger partial charge in [-0.1, -0.05) is 6.07 Å². The molecule has 0 aromatic heterocycles. The zero-order valence-electron chi connectivity index (χ0n) is 14.5. The monoisotopic (exact) mass is 341 g/mol. The fourth-order valence-corrected chi connectivity index (χ4v) is 2.89. The Hall–Kier alpha value is -2.73. The second-order valence-corrected chi connectivity index (χ2v) is 6.01. The number of nitrogens with two attached hydrogens (primary N) is 1. The van der Waals surface area contributed by atoms with Crippen LogP contribution in [0.25, 0.3) is 0 Å². The van der Waals surface area contributed by atoms with E-state index in [0.717, 1.165) is 30.0 Å². The van der Waals surface area contributed by atoms with E-state index in [2.05, 4.69) is 10.2 Å². The van der Waals surface area contributed by atoms with Gasteiger partial charge in [-0.2, -0.15) is 0 Å². The van der Waals surface area contributed by atoms with Crippen molar-refractivity contribution in [1.82, 2.24) is 0 Å². The topological polar surface area (TPSA) is 76.8 Å². The lowest BCUT2D eigenvalue weighted by atomic mass is 10.1. The van der Waals surface area contributed by atoms with Crippen molar-refractivity contribution in [2.75, 3.05) is 49.4 Å². The Morgan fingerprint density at radius 3 is 2.72 bits per heavy atom. The Kier molecular flexibility index (Phi) is 5.09. The van der Waals surface area contributed by atoms with Gasteiger partial charge in [-0.3, -0.25) is 4.79 Å². The average Bonchev–Trinajstić information content (AvgIpc) is 2.64. The van der Waals surface area contributed by atoms with E-state index in [4.69, 9.17) is 15.2 Å². The Bertz CT molecular complexity index is 771. The number of anilines is 3. The van der Waals surface area contributed by atoms with Crippen molar-refractivity contribution in [2.24, 2.45) is 0 Å². The molecule has 3 rings (SSSR count). The summed E-state index contributed by atoms with van der Waals surface area (Å²) in [5.74, 6) is 0.468. The zero-order valence-corrected chi connectivity index (χ0v) is 14.5. The van der Waals surface area contributed by atoms with Crippen LogP contribution in [0.2, 0.25) is 0 Å². The smallest absolute Gasteiger partial charge is 0.255 e. The summed E-state index contributed by atoms with van der Waals surface area (Å²) in [6.45, 7) is 4.87. The van der Waals surface area contributed by atoms with Crippen molar-refractivity contribution in [1.29, 1.82) is 0 Å². The molecule has 0 atom stereocenters. The molecule has 1 amide bonds. The molecule has 1 aliphatic rings. The molecule has 1 aliphatic heterocycles. The summed E-state index contributed by atoms with van der Waals surface area (Å²) in [5.41, 5.74) is 10.0. The number of nitrogens with one attached hydrogen (secondary N) is 1. The van der Waals surface area contributed by atoms with E-state index in [-0.39, 0.29) is 5.91 Å². The van der Waals surface area contributed by atoms with Crippen molar-refractivity contribution in [3.05, 3.63) is 47.5 Å². The van der Waals surface area contributed by atoms with Crippen molar-refractivity contribution in [3.8, 4) is 5.75 Å². The number of ether oxygens (including phenoxy) is 2. The Balaban J connectivity index is 1.84. The summed E-state index contributed by atoms with van der Waals surface area (Å²) in [6.07, 6.45) is 0. The normalized spacial score (nSPS) is 14.2. The van der Waals surface area contributed by atoms with Gasteiger partial charge in [0.25, 0.3) is 5.91 Å². The summed E-state index contributed by atoms with van der Waals surface area (Å²) in [4.78, 5) is 14.8.